The highest BCUT2D eigenvalue weighted by Gasteiger charge is 2.31. The number of hydrogen-bond donors (Lipinski definition) is 1. The van der Waals surface area contributed by atoms with Gasteiger partial charge in [0.05, 0.1) is 11.5 Å². The molecule has 0 saturated carbocycles. The van der Waals surface area contributed by atoms with Crippen LogP contribution in [0.1, 0.15) is 24.0 Å². The quantitative estimate of drug-likeness (QED) is 0.419. The van der Waals surface area contributed by atoms with Gasteiger partial charge in [0.2, 0.25) is 5.91 Å². The van der Waals surface area contributed by atoms with E-state index in [-0.39, 0.29) is 31.4 Å². The Morgan fingerprint density at radius 1 is 1.09 bits per heavy atom. The van der Waals surface area contributed by atoms with Crippen LogP contribution in [-0.2, 0) is 16.1 Å². The maximum atomic E-state index is 12.7. The van der Waals surface area contributed by atoms with E-state index in [2.05, 4.69) is 0 Å². The van der Waals surface area contributed by atoms with Crippen molar-refractivity contribution >= 4 is 46.2 Å². The van der Waals surface area contributed by atoms with E-state index >= 15 is 0 Å². The second-order valence-corrected chi connectivity index (χ2v) is 8.93. The van der Waals surface area contributed by atoms with E-state index in [1.807, 2.05) is 72.8 Å². The van der Waals surface area contributed by atoms with E-state index in [9.17, 15) is 14.7 Å². The molecule has 0 aliphatic carbocycles. The Bertz CT molecular complexity index is 991. The summed E-state index contributed by atoms with van der Waals surface area (Å²) < 4.78 is 0.512. The first kappa shape index (κ1) is 23.9. The number of hydrogen-bond acceptors (Lipinski definition) is 5. The van der Waals surface area contributed by atoms with Gasteiger partial charge >= 0.3 is 0 Å². The molecular formula is C25H26N2O3S2. The van der Waals surface area contributed by atoms with Gasteiger partial charge in [0, 0.05) is 26.1 Å². The Labute approximate surface area is 198 Å². The molecule has 0 unspecified atom stereocenters. The van der Waals surface area contributed by atoms with Crippen LogP contribution in [0.3, 0.4) is 0 Å². The third kappa shape index (κ3) is 6.88. The molecule has 7 heteroatoms. The Hall–Kier alpha value is -2.74. The molecule has 166 valence electrons. The number of allylic oxidation sites excluding steroid dienone is 2. The monoisotopic (exact) mass is 466 g/mol. The SMILES string of the molecule is O=C(CCCN1C(=O)C(=CC=Cc2ccccc2)SC1=S)N(CCO)Cc1ccccc1. The van der Waals surface area contributed by atoms with Gasteiger partial charge in [0.25, 0.3) is 5.91 Å². The number of amides is 2. The van der Waals surface area contributed by atoms with Crippen molar-refractivity contribution in [2.75, 3.05) is 19.7 Å². The molecular weight excluding hydrogens is 440 g/mol. The summed E-state index contributed by atoms with van der Waals surface area (Å²) in [6.07, 6.45) is 6.36. The summed E-state index contributed by atoms with van der Waals surface area (Å²) in [7, 11) is 0. The molecule has 32 heavy (non-hydrogen) atoms. The van der Waals surface area contributed by atoms with E-state index in [1.54, 1.807) is 15.9 Å². The van der Waals surface area contributed by atoms with Crippen molar-refractivity contribution < 1.29 is 14.7 Å². The topological polar surface area (TPSA) is 60.9 Å². The zero-order chi connectivity index (χ0) is 22.8. The van der Waals surface area contributed by atoms with Crippen LogP contribution in [0.4, 0.5) is 0 Å². The molecule has 1 aliphatic heterocycles. The Kier molecular flexibility index (Phi) is 9.22. The van der Waals surface area contributed by atoms with Crippen LogP contribution in [-0.4, -0.2) is 50.7 Å². The summed E-state index contributed by atoms with van der Waals surface area (Å²) in [5.74, 6) is -0.170. The van der Waals surface area contributed by atoms with Gasteiger partial charge in [-0.05, 0) is 23.6 Å². The number of carbonyl (C=O) groups is 2. The predicted molar refractivity (Wildman–Crippen MR) is 134 cm³/mol. The fraction of sp³-hybridized carbons (Fsp3) is 0.240. The molecule has 5 nitrogen and oxygen atoms in total. The summed E-state index contributed by atoms with van der Waals surface area (Å²) >= 11 is 6.65. The van der Waals surface area contributed by atoms with Crippen molar-refractivity contribution in [3.63, 3.8) is 0 Å². The number of thioether (sulfide) groups is 1. The van der Waals surface area contributed by atoms with Gasteiger partial charge in [-0.3, -0.25) is 14.5 Å². The average molecular weight is 467 g/mol. The fourth-order valence-corrected chi connectivity index (χ4v) is 4.54. The minimum absolute atomic E-state index is 0.0466. The lowest BCUT2D eigenvalue weighted by Crippen LogP contribution is -2.34. The van der Waals surface area contributed by atoms with Crippen LogP contribution in [0.2, 0.25) is 0 Å². The highest BCUT2D eigenvalue weighted by Crippen LogP contribution is 2.31. The first-order chi connectivity index (χ1) is 15.6. The van der Waals surface area contributed by atoms with E-state index in [0.29, 0.717) is 28.7 Å². The highest BCUT2D eigenvalue weighted by molar-refractivity contribution is 8.26. The molecule has 0 aromatic heterocycles. The number of thiocarbonyl (C=S) groups is 1. The molecule has 2 amide bonds. The standard InChI is InChI=1S/C25H26N2O3S2/c28-18-17-26(19-21-11-5-2-6-12-21)23(29)15-8-16-27-24(30)22(32-25(27)31)14-7-13-20-9-3-1-4-10-20/h1-7,9-14,28H,8,15-19H2. The first-order valence-electron chi connectivity index (χ1n) is 10.5. The molecule has 1 heterocycles. The number of carbonyl (C=O) groups excluding carboxylic acids is 2. The molecule has 1 N–H and O–H groups in total. The summed E-state index contributed by atoms with van der Waals surface area (Å²) in [6.45, 7) is 1.05. The van der Waals surface area contributed by atoms with Crippen LogP contribution in [0.15, 0.2) is 77.7 Å². The van der Waals surface area contributed by atoms with E-state index in [1.165, 1.54) is 11.8 Å². The zero-order valence-corrected chi connectivity index (χ0v) is 19.4. The Morgan fingerprint density at radius 2 is 1.78 bits per heavy atom. The van der Waals surface area contributed by atoms with Crippen molar-refractivity contribution in [2.45, 2.75) is 19.4 Å². The lowest BCUT2D eigenvalue weighted by molar-refractivity contribution is -0.132. The van der Waals surface area contributed by atoms with Gasteiger partial charge in [-0.15, -0.1) is 0 Å². The summed E-state index contributed by atoms with van der Waals surface area (Å²) in [5, 5.41) is 9.33. The largest absolute Gasteiger partial charge is 0.395 e. The van der Waals surface area contributed by atoms with Crippen molar-refractivity contribution in [3.05, 3.63) is 88.8 Å². The minimum atomic E-state index is -0.123. The summed E-state index contributed by atoms with van der Waals surface area (Å²) in [6, 6.07) is 19.5. The normalized spacial score (nSPS) is 15.2. The van der Waals surface area contributed by atoms with Gasteiger partial charge in [-0.25, -0.2) is 0 Å². The second-order valence-electron chi connectivity index (χ2n) is 7.25. The zero-order valence-electron chi connectivity index (χ0n) is 17.7. The lowest BCUT2D eigenvalue weighted by Gasteiger charge is -2.22. The van der Waals surface area contributed by atoms with Crippen LogP contribution < -0.4 is 0 Å². The first-order valence-corrected chi connectivity index (χ1v) is 11.7. The summed E-state index contributed by atoms with van der Waals surface area (Å²) in [5.41, 5.74) is 2.07. The number of aliphatic hydroxyl groups is 1. The molecule has 0 bridgehead atoms. The smallest absolute Gasteiger partial charge is 0.266 e. The van der Waals surface area contributed by atoms with E-state index in [0.717, 1.165) is 11.1 Å². The van der Waals surface area contributed by atoms with Crippen LogP contribution >= 0.6 is 24.0 Å². The highest BCUT2D eigenvalue weighted by atomic mass is 32.2. The average Bonchev–Trinajstić information content (AvgIpc) is 3.07. The molecule has 1 fully saturated rings. The van der Waals surface area contributed by atoms with Crippen LogP contribution in [0.25, 0.3) is 6.08 Å². The number of rotatable bonds is 10. The van der Waals surface area contributed by atoms with Crippen molar-refractivity contribution in [1.82, 2.24) is 9.80 Å². The number of aliphatic hydroxyl groups excluding tert-OH is 1. The third-order valence-corrected chi connectivity index (χ3v) is 6.32. The maximum absolute atomic E-state index is 12.7. The van der Waals surface area contributed by atoms with Crippen molar-refractivity contribution in [2.24, 2.45) is 0 Å². The van der Waals surface area contributed by atoms with Crippen LogP contribution in [0.5, 0.6) is 0 Å². The van der Waals surface area contributed by atoms with Gasteiger partial charge in [-0.1, -0.05) is 96.8 Å². The Balaban J connectivity index is 1.51. The number of nitrogens with zero attached hydrogens (tertiary/aromatic N) is 2. The van der Waals surface area contributed by atoms with Gasteiger partial charge < -0.3 is 10.0 Å². The molecule has 2 aromatic rings. The molecule has 3 rings (SSSR count). The van der Waals surface area contributed by atoms with Gasteiger partial charge in [-0.2, -0.15) is 0 Å². The molecule has 1 aliphatic rings. The lowest BCUT2D eigenvalue weighted by atomic mass is 10.2. The predicted octanol–water partition coefficient (Wildman–Crippen LogP) is 4.25. The maximum Gasteiger partial charge on any atom is 0.266 e. The summed E-state index contributed by atoms with van der Waals surface area (Å²) in [4.78, 5) is 29.2. The van der Waals surface area contributed by atoms with Gasteiger partial charge in [0.15, 0.2) is 0 Å². The molecule has 2 aromatic carbocycles. The fourth-order valence-electron chi connectivity index (χ4n) is 3.28. The van der Waals surface area contributed by atoms with E-state index < -0.39 is 0 Å². The van der Waals surface area contributed by atoms with Gasteiger partial charge in [0.1, 0.15) is 4.32 Å². The van der Waals surface area contributed by atoms with Crippen molar-refractivity contribution in [3.8, 4) is 0 Å². The number of benzene rings is 2. The third-order valence-electron chi connectivity index (χ3n) is 4.92. The molecule has 1 saturated heterocycles. The molecule has 0 radical (unpaired) electrons. The minimum Gasteiger partial charge on any atom is -0.395 e. The second kappa shape index (κ2) is 12.3. The van der Waals surface area contributed by atoms with Crippen LogP contribution in [0, 0.1) is 0 Å². The van der Waals surface area contributed by atoms with E-state index in [4.69, 9.17) is 12.2 Å². The Morgan fingerprint density at radius 3 is 2.47 bits per heavy atom. The molecule has 0 atom stereocenters. The van der Waals surface area contributed by atoms with Crippen molar-refractivity contribution in [1.29, 1.82) is 0 Å². The molecule has 0 spiro atoms.